The Morgan fingerprint density at radius 1 is 0.515 bits per heavy atom. The minimum absolute atomic E-state index is 0.0224. The Labute approximate surface area is 387 Å². The summed E-state index contributed by atoms with van der Waals surface area (Å²) in [5.74, 6) is -0.579. The van der Waals surface area contributed by atoms with Crippen LogP contribution in [0.5, 0.6) is 0 Å². The number of esters is 1. The second-order valence-corrected chi connectivity index (χ2v) is 18.6. The molecule has 0 bridgehead atoms. The molecule has 8 rings (SSSR count). The molecular weight excluding hydrogens is 851 g/mol. The fourth-order valence-electron chi connectivity index (χ4n) is 7.94. The largest absolute Gasteiger partial charge is 0.465 e. The van der Waals surface area contributed by atoms with E-state index in [0.717, 1.165) is 65.0 Å². The van der Waals surface area contributed by atoms with Crippen molar-refractivity contribution in [3.8, 4) is 22.3 Å². The Morgan fingerprint density at radius 2 is 0.909 bits per heavy atom. The molecule has 2 heterocycles. The molecule has 0 atom stereocenters. The maximum absolute atomic E-state index is 13.5. The van der Waals surface area contributed by atoms with Gasteiger partial charge in [0.1, 0.15) is 0 Å². The number of hydrogen-bond acceptors (Lipinski definition) is 8. The van der Waals surface area contributed by atoms with Crippen molar-refractivity contribution in [2.24, 2.45) is 5.73 Å². The van der Waals surface area contributed by atoms with Gasteiger partial charge in [-0.25, -0.2) is 22.8 Å². The highest BCUT2D eigenvalue weighted by Gasteiger charge is 2.29. The van der Waals surface area contributed by atoms with E-state index in [2.05, 4.69) is 24.3 Å². The van der Waals surface area contributed by atoms with E-state index >= 15 is 0 Å². The van der Waals surface area contributed by atoms with Crippen LogP contribution in [0.25, 0.3) is 22.3 Å². The standard InChI is InChI=1S/C27H28N2O3.C26H27N3O4S/c1-32-26(30)24-12-10-21(11-13-24)20-29(27(31)28-18-6-3-7-19-28)25-16-14-23(15-17-25)22-8-4-2-5-9-22;27-18-25(30)23-8-6-20(7-9-23)19-29(26(31)28-14-16-34(32,33)17-15-28)24-12-10-22(11-13-24)21-4-2-1-3-5-21/h2,4-5,8-17H,3,6-7,18-20H2,1H3;1-13H,14-19,27H2. The van der Waals surface area contributed by atoms with Crippen LogP contribution in [0, 0.1) is 0 Å². The molecule has 0 aliphatic carbocycles. The van der Waals surface area contributed by atoms with Gasteiger partial charge in [-0.15, -0.1) is 0 Å². The maximum Gasteiger partial charge on any atom is 0.337 e. The molecule has 2 aliphatic rings. The minimum atomic E-state index is -3.10. The van der Waals surface area contributed by atoms with Crippen molar-refractivity contribution in [2.75, 3.05) is 61.1 Å². The highest BCUT2D eigenvalue weighted by molar-refractivity contribution is 7.91. The minimum Gasteiger partial charge on any atom is -0.465 e. The summed E-state index contributed by atoms with van der Waals surface area (Å²) in [6.07, 6.45) is 3.26. The number of carbonyl (C=O) groups excluding carboxylic acids is 4. The van der Waals surface area contributed by atoms with Gasteiger partial charge in [-0.1, -0.05) is 121 Å². The predicted octanol–water partition coefficient (Wildman–Crippen LogP) is 9.10. The molecule has 12 nitrogen and oxygen atoms in total. The molecule has 2 aliphatic heterocycles. The summed E-state index contributed by atoms with van der Waals surface area (Å²) in [4.78, 5) is 57.5. The molecular formula is C53H55N5O7S. The Hall–Kier alpha value is -7.09. The molecule has 0 unspecified atom stereocenters. The van der Waals surface area contributed by atoms with Gasteiger partial charge in [-0.2, -0.15) is 0 Å². The predicted molar refractivity (Wildman–Crippen MR) is 260 cm³/mol. The smallest absolute Gasteiger partial charge is 0.337 e. The summed E-state index contributed by atoms with van der Waals surface area (Å²) in [5.41, 5.74) is 14.2. The number of rotatable bonds is 11. The molecule has 0 spiro atoms. The van der Waals surface area contributed by atoms with E-state index in [9.17, 15) is 27.6 Å². The summed E-state index contributed by atoms with van der Waals surface area (Å²) < 4.78 is 28.5. The number of ether oxygens (including phenoxy) is 1. The Kier molecular flexibility index (Phi) is 15.8. The van der Waals surface area contributed by atoms with Crippen LogP contribution < -0.4 is 15.5 Å². The lowest BCUT2D eigenvalue weighted by Crippen LogP contribution is -2.49. The third kappa shape index (κ3) is 12.2. The van der Waals surface area contributed by atoms with Gasteiger partial charge in [0.2, 0.25) is 0 Å². The molecule has 66 heavy (non-hydrogen) atoms. The van der Waals surface area contributed by atoms with Crippen LogP contribution in [0.1, 0.15) is 51.1 Å². The number of piperidine rings is 1. The molecule has 0 aromatic heterocycles. The number of nitrogens with two attached hydrogens (primary N) is 1. The van der Waals surface area contributed by atoms with Crippen molar-refractivity contribution < 1.29 is 32.3 Å². The maximum atomic E-state index is 13.5. The zero-order chi connectivity index (χ0) is 46.5. The molecule has 340 valence electrons. The van der Waals surface area contributed by atoms with E-state index in [1.165, 1.54) is 13.5 Å². The van der Waals surface area contributed by atoms with E-state index < -0.39 is 9.84 Å². The number of hydrogen-bond donors (Lipinski definition) is 1. The normalized spacial score (nSPS) is 14.3. The highest BCUT2D eigenvalue weighted by Crippen LogP contribution is 2.28. The monoisotopic (exact) mass is 905 g/mol. The number of ketones is 1. The van der Waals surface area contributed by atoms with Gasteiger partial charge in [0.15, 0.2) is 15.6 Å². The van der Waals surface area contributed by atoms with Crippen LogP contribution >= 0.6 is 0 Å². The fraction of sp³-hybridized carbons (Fsp3) is 0.245. The number of amides is 4. The van der Waals surface area contributed by atoms with Crippen LogP contribution in [0.4, 0.5) is 21.0 Å². The number of anilines is 2. The van der Waals surface area contributed by atoms with Gasteiger partial charge >= 0.3 is 18.0 Å². The molecule has 6 aromatic rings. The van der Waals surface area contributed by atoms with Gasteiger partial charge in [-0.05, 0) is 89.0 Å². The van der Waals surface area contributed by atoms with E-state index in [0.29, 0.717) is 23.4 Å². The third-order valence-corrected chi connectivity index (χ3v) is 13.4. The molecule has 0 saturated carbocycles. The molecule has 4 amide bonds. The van der Waals surface area contributed by atoms with Gasteiger partial charge in [-0.3, -0.25) is 14.6 Å². The van der Waals surface area contributed by atoms with Crippen LogP contribution in [0.3, 0.4) is 0 Å². The molecule has 13 heteroatoms. The summed E-state index contributed by atoms with van der Waals surface area (Å²) >= 11 is 0. The van der Waals surface area contributed by atoms with Crippen LogP contribution in [0.2, 0.25) is 0 Å². The third-order valence-electron chi connectivity index (χ3n) is 11.8. The van der Waals surface area contributed by atoms with E-state index in [1.807, 2.05) is 119 Å². The van der Waals surface area contributed by atoms with Crippen molar-refractivity contribution in [3.05, 3.63) is 180 Å². The molecule has 0 radical (unpaired) electrons. The first-order chi connectivity index (χ1) is 32.0. The number of likely N-dealkylation sites (tertiary alicyclic amines) is 1. The quantitative estimate of drug-likeness (QED) is 0.1000. The topological polar surface area (TPSA) is 151 Å². The number of benzene rings is 6. The highest BCUT2D eigenvalue weighted by atomic mass is 32.2. The number of urea groups is 2. The Bertz CT molecular complexity index is 2660. The zero-order valence-corrected chi connectivity index (χ0v) is 37.9. The summed E-state index contributed by atoms with van der Waals surface area (Å²) in [5, 5.41) is 0. The molecule has 2 saturated heterocycles. The van der Waals surface area contributed by atoms with Crippen LogP contribution in [0.15, 0.2) is 158 Å². The van der Waals surface area contributed by atoms with Crippen molar-refractivity contribution in [2.45, 2.75) is 32.4 Å². The lowest BCUT2D eigenvalue weighted by Gasteiger charge is -2.33. The lowest BCUT2D eigenvalue weighted by atomic mass is 10.0. The van der Waals surface area contributed by atoms with Gasteiger partial charge in [0, 0.05) is 43.1 Å². The van der Waals surface area contributed by atoms with Gasteiger partial charge in [0.05, 0.1) is 43.8 Å². The SMILES string of the molecule is COC(=O)c1ccc(CN(C(=O)N2CCCCC2)c2ccc(-c3ccccc3)cc2)cc1.NCC(=O)c1ccc(CN(C(=O)N2CCS(=O)(=O)CC2)c2ccc(-c3ccccc3)cc2)cc1. The summed E-state index contributed by atoms with van der Waals surface area (Å²) in [7, 11) is -1.74. The fourth-order valence-corrected chi connectivity index (χ4v) is 9.14. The average Bonchev–Trinajstić information content (AvgIpc) is 3.38. The molecule has 2 fully saturated rings. The zero-order valence-electron chi connectivity index (χ0n) is 37.1. The van der Waals surface area contributed by atoms with E-state index in [1.54, 1.807) is 34.1 Å². The Morgan fingerprint density at radius 3 is 1.32 bits per heavy atom. The van der Waals surface area contributed by atoms with Gasteiger partial charge < -0.3 is 20.3 Å². The second kappa shape index (κ2) is 22.2. The number of sulfone groups is 1. The first kappa shape index (κ1) is 46.9. The number of methoxy groups -OCH3 is 1. The first-order valence-electron chi connectivity index (χ1n) is 22.2. The van der Waals surface area contributed by atoms with Gasteiger partial charge in [0.25, 0.3) is 0 Å². The van der Waals surface area contributed by atoms with Crippen molar-refractivity contribution in [3.63, 3.8) is 0 Å². The first-order valence-corrected chi connectivity index (χ1v) is 24.0. The van der Waals surface area contributed by atoms with Crippen molar-refractivity contribution in [1.82, 2.24) is 9.80 Å². The second-order valence-electron chi connectivity index (χ2n) is 16.3. The lowest BCUT2D eigenvalue weighted by molar-refractivity contribution is 0.0600. The average molecular weight is 906 g/mol. The number of Topliss-reactive ketones (excluding diaryl/α,β-unsaturated/α-hetero) is 1. The van der Waals surface area contributed by atoms with E-state index in [4.69, 9.17) is 10.5 Å². The van der Waals surface area contributed by atoms with Crippen LogP contribution in [-0.2, 0) is 27.7 Å². The van der Waals surface area contributed by atoms with E-state index in [-0.39, 0.29) is 61.5 Å². The van der Waals surface area contributed by atoms with Crippen LogP contribution in [-0.4, -0.2) is 93.4 Å². The molecule has 2 N–H and O–H groups in total. The number of carbonyl (C=O) groups is 4. The van der Waals surface area contributed by atoms with Crippen molar-refractivity contribution in [1.29, 1.82) is 0 Å². The molecule has 6 aromatic carbocycles. The summed E-state index contributed by atoms with van der Waals surface area (Å²) in [6.45, 7) is 2.58. The van der Waals surface area contributed by atoms with Crippen molar-refractivity contribution >= 4 is 45.0 Å². The summed E-state index contributed by atoms with van der Waals surface area (Å²) in [6, 6.07) is 50.1. The number of nitrogens with zero attached hydrogens (tertiary/aromatic N) is 4. The Balaban J connectivity index is 0.000000197.